The van der Waals surface area contributed by atoms with Crippen LogP contribution in [0.15, 0.2) is 77.7 Å². The lowest BCUT2D eigenvalue weighted by Gasteiger charge is -2.15. The van der Waals surface area contributed by atoms with Gasteiger partial charge in [-0.15, -0.1) is 11.8 Å². The molecule has 11 heteroatoms. The smallest absolute Gasteiger partial charge is 0.270 e. The van der Waals surface area contributed by atoms with E-state index in [-0.39, 0.29) is 35.0 Å². The van der Waals surface area contributed by atoms with Gasteiger partial charge in [0.1, 0.15) is 0 Å². The first-order valence-electron chi connectivity index (χ1n) is 10.3. The molecular weight excluding hydrogens is 472 g/mol. The molecule has 0 aliphatic carbocycles. The summed E-state index contributed by atoms with van der Waals surface area (Å²) in [6.45, 7) is 0. The number of thioether (sulfide) groups is 1. The van der Waals surface area contributed by atoms with E-state index in [1.54, 1.807) is 24.3 Å². The average molecular weight is 490 g/mol. The van der Waals surface area contributed by atoms with Gasteiger partial charge >= 0.3 is 0 Å². The van der Waals surface area contributed by atoms with Gasteiger partial charge in [-0.05, 0) is 54.6 Å². The lowest BCUT2D eigenvalue weighted by Crippen LogP contribution is -2.31. The van der Waals surface area contributed by atoms with Gasteiger partial charge in [-0.3, -0.25) is 29.3 Å². The van der Waals surface area contributed by atoms with Gasteiger partial charge < -0.3 is 11.1 Å². The Morgan fingerprint density at radius 1 is 1.00 bits per heavy atom. The van der Waals surface area contributed by atoms with Gasteiger partial charge in [0.2, 0.25) is 17.7 Å². The van der Waals surface area contributed by atoms with Crippen molar-refractivity contribution in [3.05, 3.63) is 94.0 Å². The molecule has 0 spiro atoms. The van der Waals surface area contributed by atoms with Crippen LogP contribution in [0.1, 0.15) is 27.1 Å². The standard InChI is InChI=1S/C24H18N4O6S/c25-22(30)14-4-8-17(9-5-14)27-21(29)13-20(24(27)32)35-19-10-6-16(7-11-19)26-23(31)15-2-1-3-18(12-15)28(33)34/h1-12,20H,13H2,(H2,25,30)(H,26,31). The summed E-state index contributed by atoms with van der Waals surface area (Å²) >= 11 is 1.22. The number of primary amides is 1. The van der Waals surface area contributed by atoms with Crippen molar-refractivity contribution in [1.29, 1.82) is 0 Å². The number of nitrogens with one attached hydrogen (secondary N) is 1. The predicted octanol–water partition coefficient (Wildman–Crippen LogP) is 3.37. The van der Waals surface area contributed by atoms with Gasteiger partial charge in [-0.2, -0.15) is 0 Å². The van der Waals surface area contributed by atoms with Crippen LogP contribution in [-0.2, 0) is 9.59 Å². The zero-order chi connectivity index (χ0) is 25.1. The summed E-state index contributed by atoms with van der Waals surface area (Å²) in [7, 11) is 0. The molecule has 1 saturated heterocycles. The minimum atomic E-state index is -0.622. The molecule has 3 aromatic carbocycles. The molecule has 1 atom stereocenters. The molecule has 4 amide bonds. The fourth-order valence-corrected chi connectivity index (χ4v) is 4.54. The third-order valence-corrected chi connectivity index (χ3v) is 6.42. The fraction of sp³-hybridized carbons (Fsp3) is 0.0833. The predicted molar refractivity (Wildman–Crippen MR) is 129 cm³/mol. The second kappa shape index (κ2) is 9.77. The minimum Gasteiger partial charge on any atom is -0.366 e. The van der Waals surface area contributed by atoms with Gasteiger partial charge in [0.15, 0.2) is 0 Å². The van der Waals surface area contributed by atoms with E-state index in [2.05, 4.69) is 5.32 Å². The highest BCUT2D eigenvalue weighted by Crippen LogP contribution is 2.34. The van der Waals surface area contributed by atoms with E-state index in [1.807, 2.05) is 0 Å². The summed E-state index contributed by atoms with van der Waals surface area (Å²) in [5, 5.41) is 12.9. The summed E-state index contributed by atoms with van der Waals surface area (Å²) in [5.74, 6) is -1.81. The van der Waals surface area contributed by atoms with Crippen molar-refractivity contribution in [2.45, 2.75) is 16.6 Å². The normalized spacial score (nSPS) is 15.2. The van der Waals surface area contributed by atoms with Crippen LogP contribution in [-0.4, -0.2) is 33.8 Å². The number of carbonyl (C=O) groups is 4. The molecule has 0 aromatic heterocycles. The quantitative estimate of drug-likeness (QED) is 0.292. The molecule has 3 aromatic rings. The van der Waals surface area contributed by atoms with Crippen LogP contribution in [0.5, 0.6) is 0 Å². The van der Waals surface area contributed by atoms with E-state index in [0.29, 0.717) is 11.4 Å². The van der Waals surface area contributed by atoms with Gasteiger partial charge in [0, 0.05) is 40.3 Å². The number of benzene rings is 3. The third kappa shape index (κ3) is 5.20. The van der Waals surface area contributed by atoms with Gasteiger partial charge in [-0.25, -0.2) is 4.90 Å². The topological polar surface area (TPSA) is 153 Å². The van der Waals surface area contributed by atoms with Crippen LogP contribution in [0, 0.1) is 10.1 Å². The zero-order valence-electron chi connectivity index (χ0n) is 18.0. The molecule has 3 N–H and O–H groups in total. The van der Waals surface area contributed by atoms with Crippen molar-refractivity contribution < 1.29 is 24.1 Å². The number of nitrogens with two attached hydrogens (primary N) is 1. The highest BCUT2D eigenvalue weighted by atomic mass is 32.2. The molecule has 1 heterocycles. The molecule has 35 heavy (non-hydrogen) atoms. The molecule has 0 bridgehead atoms. The molecule has 4 rings (SSSR count). The summed E-state index contributed by atoms with van der Waals surface area (Å²) in [6.07, 6.45) is 0.0202. The van der Waals surface area contributed by atoms with Gasteiger partial charge in [-0.1, -0.05) is 6.07 Å². The van der Waals surface area contributed by atoms with E-state index in [4.69, 9.17) is 5.73 Å². The van der Waals surface area contributed by atoms with Crippen LogP contribution in [0.2, 0.25) is 0 Å². The van der Waals surface area contributed by atoms with Crippen LogP contribution < -0.4 is 16.0 Å². The van der Waals surface area contributed by atoms with E-state index in [9.17, 15) is 29.3 Å². The van der Waals surface area contributed by atoms with Crippen LogP contribution >= 0.6 is 11.8 Å². The van der Waals surface area contributed by atoms with Crippen molar-refractivity contribution >= 4 is 52.5 Å². The molecule has 10 nitrogen and oxygen atoms in total. The Balaban J connectivity index is 1.40. The number of hydrogen-bond donors (Lipinski definition) is 2. The van der Waals surface area contributed by atoms with Crippen LogP contribution in [0.25, 0.3) is 0 Å². The zero-order valence-corrected chi connectivity index (χ0v) is 18.9. The Labute approximate surface area is 203 Å². The largest absolute Gasteiger partial charge is 0.366 e. The molecule has 1 aliphatic rings. The number of anilines is 2. The summed E-state index contributed by atoms with van der Waals surface area (Å²) in [4.78, 5) is 61.1. The Kier molecular flexibility index (Phi) is 6.60. The first-order chi connectivity index (χ1) is 16.7. The number of rotatable bonds is 7. The fourth-order valence-electron chi connectivity index (χ4n) is 3.49. The van der Waals surface area contributed by atoms with E-state index < -0.39 is 22.0 Å². The number of nitro groups is 1. The lowest BCUT2D eigenvalue weighted by atomic mass is 10.2. The van der Waals surface area contributed by atoms with Crippen molar-refractivity contribution in [2.24, 2.45) is 5.73 Å². The molecule has 0 saturated carbocycles. The van der Waals surface area contributed by atoms with E-state index in [1.165, 1.54) is 60.3 Å². The number of nitrogens with zero attached hydrogens (tertiary/aromatic N) is 2. The second-order valence-corrected chi connectivity index (χ2v) is 8.85. The number of non-ortho nitro benzene ring substituents is 1. The average Bonchev–Trinajstić information content (AvgIpc) is 3.12. The van der Waals surface area contributed by atoms with Gasteiger partial charge in [0.05, 0.1) is 15.9 Å². The summed E-state index contributed by atoms with van der Waals surface area (Å²) in [6, 6.07) is 18.0. The molecular formula is C24H18N4O6S. The van der Waals surface area contributed by atoms with Crippen LogP contribution in [0.4, 0.5) is 17.1 Å². The number of imide groups is 1. The number of nitro benzene ring substituents is 1. The van der Waals surface area contributed by atoms with Gasteiger partial charge in [0.25, 0.3) is 11.6 Å². The summed E-state index contributed by atoms with van der Waals surface area (Å²) in [5.41, 5.74) is 6.30. The molecule has 176 valence electrons. The molecule has 1 fully saturated rings. The highest BCUT2D eigenvalue weighted by Gasteiger charge is 2.40. The Morgan fingerprint density at radius 3 is 2.31 bits per heavy atom. The third-order valence-electron chi connectivity index (χ3n) is 5.22. The highest BCUT2D eigenvalue weighted by molar-refractivity contribution is 8.00. The van der Waals surface area contributed by atoms with Crippen molar-refractivity contribution in [3.8, 4) is 0 Å². The molecule has 1 aliphatic heterocycles. The maximum absolute atomic E-state index is 12.9. The lowest BCUT2D eigenvalue weighted by molar-refractivity contribution is -0.384. The first-order valence-corrected chi connectivity index (χ1v) is 11.2. The van der Waals surface area contributed by atoms with Crippen molar-refractivity contribution in [2.75, 3.05) is 10.2 Å². The number of amides is 4. The van der Waals surface area contributed by atoms with Crippen molar-refractivity contribution in [1.82, 2.24) is 0 Å². The molecule has 0 radical (unpaired) electrons. The Hall–Kier alpha value is -4.51. The van der Waals surface area contributed by atoms with E-state index in [0.717, 1.165) is 9.80 Å². The second-order valence-electron chi connectivity index (χ2n) is 7.58. The number of carbonyl (C=O) groups excluding carboxylic acids is 4. The minimum absolute atomic E-state index is 0.0202. The number of hydrogen-bond acceptors (Lipinski definition) is 7. The maximum atomic E-state index is 12.9. The Bertz CT molecular complexity index is 1340. The van der Waals surface area contributed by atoms with Crippen molar-refractivity contribution in [3.63, 3.8) is 0 Å². The molecule has 1 unspecified atom stereocenters. The van der Waals surface area contributed by atoms with E-state index >= 15 is 0 Å². The SMILES string of the molecule is NC(=O)c1ccc(N2C(=O)CC(Sc3ccc(NC(=O)c4cccc([N+](=O)[O-])c4)cc3)C2=O)cc1. The monoisotopic (exact) mass is 490 g/mol. The maximum Gasteiger partial charge on any atom is 0.270 e. The Morgan fingerprint density at radius 2 is 1.69 bits per heavy atom. The first kappa shape index (κ1) is 23.6. The van der Waals surface area contributed by atoms with Crippen LogP contribution in [0.3, 0.4) is 0 Å². The summed E-state index contributed by atoms with van der Waals surface area (Å²) < 4.78 is 0.